The number of carbonyl (C=O) groups excluding carboxylic acids is 2. The molecule has 1 aromatic carbocycles. The molecular formula is C14H15F3N2O2. The van der Waals surface area contributed by atoms with E-state index in [1.54, 1.807) is 0 Å². The molecule has 4 nitrogen and oxygen atoms in total. The zero-order chi connectivity index (χ0) is 15.6. The molecule has 2 amide bonds. The van der Waals surface area contributed by atoms with E-state index in [9.17, 15) is 22.8 Å². The van der Waals surface area contributed by atoms with Crippen LogP contribution in [0.2, 0.25) is 0 Å². The Hall–Kier alpha value is -2.05. The molecule has 2 N–H and O–H groups in total. The lowest BCUT2D eigenvalue weighted by Gasteiger charge is -2.31. The average molecular weight is 300 g/mol. The number of hydrogen-bond donors (Lipinski definition) is 1. The molecule has 1 atom stereocenters. The van der Waals surface area contributed by atoms with Crippen LogP contribution in [0.3, 0.4) is 0 Å². The molecule has 0 spiro atoms. The summed E-state index contributed by atoms with van der Waals surface area (Å²) in [5.41, 5.74) is 3.86. The number of halogens is 3. The van der Waals surface area contributed by atoms with Gasteiger partial charge in [0.25, 0.3) is 5.91 Å². The van der Waals surface area contributed by atoms with Crippen LogP contribution in [0.5, 0.6) is 0 Å². The fraction of sp³-hybridized carbons (Fsp3) is 0.429. The van der Waals surface area contributed by atoms with Crippen LogP contribution in [0.1, 0.15) is 28.8 Å². The Morgan fingerprint density at radius 2 is 1.90 bits per heavy atom. The van der Waals surface area contributed by atoms with Crippen molar-refractivity contribution in [3.05, 3.63) is 35.4 Å². The zero-order valence-electron chi connectivity index (χ0n) is 11.2. The van der Waals surface area contributed by atoms with Gasteiger partial charge in [-0.1, -0.05) is 12.1 Å². The van der Waals surface area contributed by atoms with Gasteiger partial charge < -0.3 is 10.6 Å². The summed E-state index contributed by atoms with van der Waals surface area (Å²) in [4.78, 5) is 24.8. The lowest BCUT2D eigenvalue weighted by atomic mass is 9.96. The van der Waals surface area contributed by atoms with E-state index in [1.165, 1.54) is 17.0 Å². The summed E-state index contributed by atoms with van der Waals surface area (Å²) in [6.45, 7) is 0.398. The smallest absolute Gasteiger partial charge is 0.369 e. The van der Waals surface area contributed by atoms with E-state index in [0.717, 1.165) is 12.1 Å². The first-order valence-corrected chi connectivity index (χ1v) is 6.55. The van der Waals surface area contributed by atoms with E-state index in [4.69, 9.17) is 5.73 Å². The number of primary amides is 1. The first kappa shape index (κ1) is 15.3. The van der Waals surface area contributed by atoms with Crippen LogP contribution >= 0.6 is 0 Å². The van der Waals surface area contributed by atoms with E-state index in [2.05, 4.69) is 0 Å². The molecule has 1 unspecified atom stereocenters. The number of likely N-dealkylation sites (tertiary alicyclic amines) is 1. The third-order valence-electron chi connectivity index (χ3n) is 3.57. The van der Waals surface area contributed by atoms with Crippen LogP contribution in [0, 0.1) is 5.92 Å². The highest BCUT2D eigenvalue weighted by atomic mass is 19.4. The fourth-order valence-electron chi connectivity index (χ4n) is 2.48. The topological polar surface area (TPSA) is 63.4 Å². The molecule has 1 aliphatic rings. The van der Waals surface area contributed by atoms with Crippen molar-refractivity contribution in [2.24, 2.45) is 11.7 Å². The van der Waals surface area contributed by atoms with Crippen LogP contribution in [0.15, 0.2) is 24.3 Å². The Kier molecular flexibility index (Phi) is 4.20. The van der Waals surface area contributed by atoms with Crippen molar-refractivity contribution in [3.8, 4) is 0 Å². The molecule has 2 rings (SSSR count). The van der Waals surface area contributed by atoms with Crippen molar-refractivity contribution in [2.45, 2.75) is 19.0 Å². The minimum absolute atomic E-state index is 0.0698. The molecule has 114 valence electrons. The highest BCUT2D eigenvalue weighted by Crippen LogP contribution is 2.32. The van der Waals surface area contributed by atoms with Crippen LogP contribution in [0.4, 0.5) is 13.2 Å². The van der Waals surface area contributed by atoms with Gasteiger partial charge in [0.2, 0.25) is 5.91 Å². The van der Waals surface area contributed by atoms with Gasteiger partial charge in [0.05, 0.1) is 17.0 Å². The number of nitrogens with zero attached hydrogens (tertiary/aromatic N) is 1. The number of carbonyl (C=O) groups is 2. The van der Waals surface area contributed by atoms with Gasteiger partial charge in [-0.2, -0.15) is 13.2 Å². The summed E-state index contributed by atoms with van der Waals surface area (Å²) in [6.07, 6.45) is -3.49. The van der Waals surface area contributed by atoms with Crippen LogP contribution < -0.4 is 5.73 Å². The molecule has 0 bridgehead atoms. The maximum absolute atomic E-state index is 12.9. The summed E-state index contributed by atoms with van der Waals surface area (Å²) in [7, 11) is 0. The molecule has 0 aliphatic carbocycles. The molecule has 0 saturated carbocycles. The van der Waals surface area contributed by atoms with Gasteiger partial charge in [-0.05, 0) is 25.0 Å². The SMILES string of the molecule is NC(=O)C1CCCN(C(=O)c2ccccc2C(F)(F)F)C1. The lowest BCUT2D eigenvalue weighted by molar-refractivity contribution is -0.138. The van der Waals surface area contributed by atoms with Crippen molar-refractivity contribution in [1.29, 1.82) is 0 Å². The Balaban J connectivity index is 2.26. The molecule has 1 fully saturated rings. The number of piperidine rings is 1. The summed E-state index contributed by atoms with van der Waals surface area (Å²) < 4.78 is 38.8. The monoisotopic (exact) mass is 300 g/mol. The van der Waals surface area contributed by atoms with Crippen molar-refractivity contribution >= 4 is 11.8 Å². The molecule has 0 aromatic heterocycles. The first-order valence-electron chi connectivity index (χ1n) is 6.55. The first-order chi connectivity index (χ1) is 9.80. The molecule has 21 heavy (non-hydrogen) atoms. The van der Waals surface area contributed by atoms with Gasteiger partial charge in [-0.3, -0.25) is 9.59 Å². The standard InChI is InChI=1S/C14H15F3N2O2/c15-14(16,17)11-6-2-1-5-10(11)13(21)19-7-3-4-9(8-19)12(18)20/h1-2,5-6,9H,3-4,7-8H2,(H2,18,20). The molecule has 1 aromatic rings. The Morgan fingerprint density at radius 1 is 1.24 bits per heavy atom. The maximum Gasteiger partial charge on any atom is 0.417 e. The van der Waals surface area contributed by atoms with Gasteiger partial charge in [0.15, 0.2) is 0 Å². The average Bonchev–Trinajstić information content (AvgIpc) is 2.45. The molecule has 1 aliphatic heterocycles. The summed E-state index contributed by atoms with van der Waals surface area (Å²) in [5, 5.41) is 0. The second-order valence-corrected chi connectivity index (χ2v) is 5.04. The number of alkyl halides is 3. The van der Waals surface area contributed by atoms with Crippen molar-refractivity contribution in [2.75, 3.05) is 13.1 Å². The minimum Gasteiger partial charge on any atom is -0.369 e. The highest BCUT2D eigenvalue weighted by Gasteiger charge is 2.37. The number of nitrogens with two attached hydrogens (primary N) is 1. The van der Waals surface area contributed by atoms with E-state index in [-0.39, 0.29) is 6.54 Å². The van der Waals surface area contributed by atoms with Crippen molar-refractivity contribution in [1.82, 2.24) is 4.90 Å². The summed E-state index contributed by atoms with van der Waals surface area (Å²) >= 11 is 0. The largest absolute Gasteiger partial charge is 0.417 e. The zero-order valence-corrected chi connectivity index (χ0v) is 11.2. The van der Waals surface area contributed by atoms with Gasteiger partial charge >= 0.3 is 6.18 Å². The lowest BCUT2D eigenvalue weighted by Crippen LogP contribution is -2.44. The second-order valence-electron chi connectivity index (χ2n) is 5.04. The van der Waals surface area contributed by atoms with Crippen molar-refractivity contribution < 1.29 is 22.8 Å². The maximum atomic E-state index is 12.9. The quantitative estimate of drug-likeness (QED) is 0.908. The van der Waals surface area contributed by atoms with Crippen LogP contribution in [-0.2, 0) is 11.0 Å². The van der Waals surface area contributed by atoms with Crippen molar-refractivity contribution in [3.63, 3.8) is 0 Å². The molecular weight excluding hydrogens is 285 g/mol. The van der Waals surface area contributed by atoms with Gasteiger partial charge in [0, 0.05) is 13.1 Å². The normalized spacial score (nSPS) is 19.4. The van der Waals surface area contributed by atoms with Crippen LogP contribution in [0.25, 0.3) is 0 Å². The number of hydrogen-bond acceptors (Lipinski definition) is 2. The van der Waals surface area contributed by atoms with Crippen LogP contribution in [-0.4, -0.2) is 29.8 Å². The van der Waals surface area contributed by atoms with Gasteiger partial charge in [-0.25, -0.2) is 0 Å². The molecule has 1 saturated heterocycles. The van der Waals surface area contributed by atoms with E-state index >= 15 is 0 Å². The Bertz CT molecular complexity index is 557. The number of benzene rings is 1. The summed E-state index contributed by atoms with van der Waals surface area (Å²) in [6, 6.07) is 4.65. The predicted octanol–water partition coefficient (Wildman–Crippen LogP) is 2.04. The highest BCUT2D eigenvalue weighted by molar-refractivity contribution is 5.96. The number of amides is 2. The third-order valence-corrected chi connectivity index (χ3v) is 3.57. The molecule has 7 heteroatoms. The fourth-order valence-corrected chi connectivity index (χ4v) is 2.48. The third kappa shape index (κ3) is 3.34. The minimum atomic E-state index is -4.59. The molecule has 1 heterocycles. The molecule has 0 radical (unpaired) electrons. The van der Waals surface area contributed by atoms with E-state index < -0.39 is 35.0 Å². The second kappa shape index (κ2) is 5.75. The van der Waals surface area contributed by atoms with E-state index in [1.807, 2.05) is 0 Å². The van der Waals surface area contributed by atoms with E-state index in [0.29, 0.717) is 19.4 Å². The Morgan fingerprint density at radius 3 is 2.52 bits per heavy atom. The predicted molar refractivity (Wildman–Crippen MR) is 69.3 cm³/mol. The van der Waals surface area contributed by atoms with Gasteiger partial charge in [0.1, 0.15) is 0 Å². The summed E-state index contributed by atoms with van der Waals surface area (Å²) in [5.74, 6) is -1.74. The van der Waals surface area contributed by atoms with Gasteiger partial charge in [-0.15, -0.1) is 0 Å². The number of rotatable bonds is 2. The Labute approximate surface area is 119 Å².